The molecule has 3 nitrogen and oxygen atoms in total. The number of nitrogens with one attached hydrogen (secondary N) is 1. The summed E-state index contributed by atoms with van der Waals surface area (Å²) in [6, 6.07) is 6.85. The van der Waals surface area contributed by atoms with E-state index in [4.69, 9.17) is 11.1 Å². The van der Waals surface area contributed by atoms with Gasteiger partial charge in [0, 0.05) is 19.5 Å². The number of hydrogen-bond donors (Lipinski definition) is 2. The van der Waals surface area contributed by atoms with Crippen LogP contribution >= 0.6 is 0 Å². The first kappa shape index (κ1) is 12.9. The zero-order chi connectivity index (χ0) is 13.2. The fourth-order valence-corrected chi connectivity index (χ4v) is 2.45. The minimum atomic E-state index is -0.182. The summed E-state index contributed by atoms with van der Waals surface area (Å²) in [6.45, 7) is 3.57. The van der Waals surface area contributed by atoms with Crippen molar-refractivity contribution in [2.45, 2.75) is 26.2 Å². The number of nitrogens with two attached hydrogens (primary N) is 1. The lowest BCUT2D eigenvalue weighted by molar-refractivity contribution is 0.511. The average Bonchev–Trinajstić information content (AvgIpc) is 3.06. The van der Waals surface area contributed by atoms with Gasteiger partial charge in [0.25, 0.3) is 0 Å². The molecule has 0 heterocycles. The van der Waals surface area contributed by atoms with Crippen molar-refractivity contribution < 1.29 is 4.39 Å². The second-order valence-corrected chi connectivity index (χ2v) is 5.17. The molecule has 1 aliphatic rings. The molecule has 0 aromatic heterocycles. The number of para-hydroxylation sites is 1. The van der Waals surface area contributed by atoms with Crippen molar-refractivity contribution in [3.63, 3.8) is 0 Å². The summed E-state index contributed by atoms with van der Waals surface area (Å²) in [5, 5.41) is 7.42. The summed E-state index contributed by atoms with van der Waals surface area (Å²) in [5.41, 5.74) is 6.24. The topological polar surface area (TPSA) is 53.1 Å². The summed E-state index contributed by atoms with van der Waals surface area (Å²) >= 11 is 0. The largest absolute Gasteiger partial charge is 0.388 e. The molecule has 0 aliphatic heterocycles. The Bertz CT molecular complexity index is 440. The lowest BCUT2D eigenvalue weighted by Gasteiger charge is -2.28. The van der Waals surface area contributed by atoms with E-state index in [0.717, 1.165) is 25.9 Å². The van der Waals surface area contributed by atoms with Crippen molar-refractivity contribution in [2.24, 2.45) is 11.1 Å². The molecule has 3 N–H and O–H groups in total. The van der Waals surface area contributed by atoms with Crippen LogP contribution in [-0.4, -0.2) is 18.9 Å². The highest BCUT2D eigenvalue weighted by Gasteiger charge is 2.44. The van der Waals surface area contributed by atoms with Gasteiger partial charge in [-0.2, -0.15) is 0 Å². The average molecular weight is 249 g/mol. The minimum absolute atomic E-state index is 0.101. The van der Waals surface area contributed by atoms with E-state index in [1.54, 1.807) is 6.07 Å². The molecule has 98 valence electrons. The van der Waals surface area contributed by atoms with Crippen molar-refractivity contribution in [2.75, 3.05) is 18.0 Å². The monoisotopic (exact) mass is 249 g/mol. The molecule has 1 aliphatic carbocycles. The first-order chi connectivity index (χ1) is 8.56. The molecule has 0 atom stereocenters. The van der Waals surface area contributed by atoms with Crippen molar-refractivity contribution in [3.8, 4) is 0 Å². The normalized spacial score (nSPS) is 16.3. The van der Waals surface area contributed by atoms with E-state index < -0.39 is 0 Å². The summed E-state index contributed by atoms with van der Waals surface area (Å²) in [5.74, 6) is 0.0510. The summed E-state index contributed by atoms with van der Waals surface area (Å²) < 4.78 is 13.8. The zero-order valence-corrected chi connectivity index (χ0v) is 10.7. The second-order valence-electron chi connectivity index (χ2n) is 5.17. The Morgan fingerprint density at radius 3 is 2.61 bits per heavy atom. The quantitative estimate of drug-likeness (QED) is 0.601. The molecule has 4 heteroatoms. The Morgan fingerprint density at radius 2 is 2.11 bits per heavy atom. The number of nitrogens with zero attached hydrogens (tertiary/aromatic N) is 1. The fourth-order valence-electron chi connectivity index (χ4n) is 2.45. The SMILES string of the molecule is CCN(CC1(CC(=N)N)CC1)c1ccccc1F. The predicted octanol–water partition coefficient (Wildman–Crippen LogP) is 2.76. The van der Waals surface area contributed by atoms with Gasteiger partial charge in [-0.05, 0) is 37.3 Å². The third-order valence-corrected chi connectivity index (χ3v) is 3.62. The molecule has 0 saturated heterocycles. The van der Waals surface area contributed by atoms with Crippen LogP contribution in [0.25, 0.3) is 0 Å². The van der Waals surface area contributed by atoms with Crippen LogP contribution in [0, 0.1) is 16.6 Å². The van der Waals surface area contributed by atoms with Crippen LogP contribution in [0.15, 0.2) is 24.3 Å². The Hall–Kier alpha value is -1.58. The first-order valence-electron chi connectivity index (χ1n) is 6.39. The zero-order valence-electron chi connectivity index (χ0n) is 10.7. The molecule has 2 rings (SSSR count). The minimum Gasteiger partial charge on any atom is -0.388 e. The lowest BCUT2D eigenvalue weighted by atomic mass is 10.0. The highest BCUT2D eigenvalue weighted by atomic mass is 19.1. The maximum atomic E-state index is 13.8. The van der Waals surface area contributed by atoms with Crippen molar-refractivity contribution in [3.05, 3.63) is 30.1 Å². The van der Waals surface area contributed by atoms with E-state index in [1.807, 2.05) is 24.0 Å². The number of benzene rings is 1. The van der Waals surface area contributed by atoms with E-state index in [2.05, 4.69) is 0 Å². The van der Waals surface area contributed by atoms with E-state index in [-0.39, 0.29) is 17.1 Å². The van der Waals surface area contributed by atoms with Crippen LogP contribution in [0.2, 0.25) is 0 Å². The number of halogens is 1. The predicted molar refractivity (Wildman–Crippen MR) is 72.5 cm³/mol. The van der Waals surface area contributed by atoms with Gasteiger partial charge >= 0.3 is 0 Å². The first-order valence-corrected chi connectivity index (χ1v) is 6.39. The highest BCUT2D eigenvalue weighted by Crippen LogP contribution is 2.49. The molecular formula is C14H20FN3. The van der Waals surface area contributed by atoms with Gasteiger partial charge in [0.05, 0.1) is 11.5 Å². The molecule has 1 saturated carbocycles. The second kappa shape index (κ2) is 4.96. The van der Waals surface area contributed by atoms with Crippen molar-refractivity contribution in [1.29, 1.82) is 5.41 Å². The van der Waals surface area contributed by atoms with Crippen LogP contribution in [0.4, 0.5) is 10.1 Å². The molecule has 0 radical (unpaired) electrons. The molecule has 1 aromatic rings. The molecule has 1 fully saturated rings. The van der Waals surface area contributed by atoms with Gasteiger partial charge in [-0.15, -0.1) is 0 Å². The molecule has 0 bridgehead atoms. The number of amidine groups is 1. The molecule has 0 amide bonds. The smallest absolute Gasteiger partial charge is 0.146 e. The van der Waals surface area contributed by atoms with E-state index in [1.165, 1.54) is 6.07 Å². The maximum Gasteiger partial charge on any atom is 0.146 e. The van der Waals surface area contributed by atoms with Crippen LogP contribution < -0.4 is 10.6 Å². The number of rotatable bonds is 6. The highest BCUT2D eigenvalue weighted by molar-refractivity contribution is 5.78. The van der Waals surface area contributed by atoms with Crippen LogP contribution in [0.1, 0.15) is 26.2 Å². The lowest BCUT2D eigenvalue weighted by Crippen LogP contribution is -2.33. The summed E-state index contributed by atoms with van der Waals surface area (Å²) in [6.07, 6.45) is 2.78. The number of anilines is 1. The Kier molecular flexibility index (Phi) is 3.55. The molecule has 18 heavy (non-hydrogen) atoms. The summed E-state index contributed by atoms with van der Waals surface area (Å²) in [7, 11) is 0. The van der Waals surface area contributed by atoms with Crippen molar-refractivity contribution >= 4 is 11.5 Å². The maximum absolute atomic E-state index is 13.8. The van der Waals surface area contributed by atoms with Crippen LogP contribution in [0.5, 0.6) is 0 Å². The van der Waals surface area contributed by atoms with E-state index in [9.17, 15) is 4.39 Å². The van der Waals surface area contributed by atoms with Gasteiger partial charge in [-0.1, -0.05) is 12.1 Å². The molecular weight excluding hydrogens is 229 g/mol. The van der Waals surface area contributed by atoms with Crippen LogP contribution in [0.3, 0.4) is 0 Å². The van der Waals surface area contributed by atoms with Gasteiger partial charge in [0.1, 0.15) is 5.82 Å². The van der Waals surface area contributed by atoms with Gasteiger partial charge < -0.3 is 10.6 Å². The molecule has 0 spiro atoms. The summed E-state index contributed by atoms with van der Waals surface area (Å²) in [4.78, 5) is 2.05. The van der Waals surface area contributed by atoms with Gasteiger partial charge in [-0.3, -0.25) is 5.41 Å². The molecule has 0 unspecified atom stereocenters. The van der Waals surface area contributed by atoms with E-state index in [0.29, 0.717) is 12.1 Å². The van der Waals surface area contributed by atoms with Gasteiger partial charge in [0.2, 0.25) is 0 Å². The Labute approximate surface area is 107 Å². The standard InChI is InChI=1S/C14H20FN3/c1-2-18(12-6-4-3-5-11(12)15)10-14(7-8-14)9-13(16)17/h3-6H,2,7-10H2,1H3,(H3,16,17). The third-order valence-electron chi connectivity index (χ3n) is 3.62. The van der Waals surface area contributed by atoms with Crippen molar-refractivity contribution in [1.82, 2.24) is 0 Å². The Morgan fingerprint density at radius 1 is 1.44 bits per heavy atom. The van der Waals surface area contributed by atoms with E-state index >= 15 is 0 Å². The molecule has 1 aromatic carbocycles. The van der Waals surface area contributed by atoms with Gasteiger partial charge in [0.15, 0.2) is 0 Å². The third kappa shape index (κ3) is 2.81. The van der Waals surface area contributed by atoms with Gasteiger partial charge in [-0.25, -0.2) is 4.39 Å². The van der Waals surface area contributed by atoms with Crippen LogP contribution in [-0.2, 0) is 0 Å². The Balaban J connectivity index is 2.11. The fraction of sp³-hybridized carbons (Fsp3) is 0.500. The number of hydrogen-bond acceptors (Lipinski definition) is 2.